The van der Waals surface area contributed by atoms with Crippen LogP contribution in [0.5, 0.6) is 0 Å². The highest BCUT2D eigenvalue weighted by Gasteiger charge is 2.53. The minimum Gasteiger partial charge on any atom is -0.327 e. The molecule has 1 heterocycles. The average molecular weight is 651 g/mol. The van der Waals surface area contributed by atoms with Crippen molar-refractivity contribution in [3.63, 3.8) is 0 Å². The summed E-state index contributed by atoms with van der Waals surface area (Å²) < 4.78 is 2.58. The van der Waals surface area contributed by atoms with E-state index in [9.17, 15) is 0 Å². The van der Waals surface area contributed by atoms with Gasteiger partial charge in [0.15, 0.2) is 0 Å². The summed E-state index contributed by atoms with van der Waals surface area (Å²) in [7, 11) is 0. The van der Waals surface area contributed by atoms with E-state index in [0.717, 1.165) is 37.8 Å². The normalized spacial score (nSPS) is 26.2. The van der Waals surface area contributed by atoms with E-state index < -0.39 is 0 Å². The standard InChI is InChI=1S/C48H46N2/c1-32-18-20-34(21-19-32)35-22-24-37(25-23-35)49(36-13-7-6-8-14-36)38-26-27-42-43(30-38)47(3,4)45-31-39(28-29-48(42,45)5)50-44-17-10-9-15-40(44)41-16-11-12-33(2)46(41)50/h6-7,9-11,13,15-18,20,22-25,27-28,30-31,33-34,38H,1,12,19,21,26,29H2,2-5H3. The van der Waals surface area contributed by atoms with Crippen molar-refractivity contribution in [1.29, 1.82) is 0 Å². The molecule has 1 aromatic heterocycles. The molecule has 5 aliphatic rings. The molecule has 5 aliphatic carbocycles. The summed E-state index contributed by atoms with van der Waals surface area (Å²) in [5.74, 6) is 0.929. The zero-order valence-electron chi connectivity index (χ0n) is 29.8. The maximum Gasteiger partial charge on any atom is 0.0933 e. The second-order valence-electron chi connectivity index (χ2n) is 15.8. The Labute approximate surface area is 298 Å². The number of hydrogen-bond acceptors (Lipinski definition) is 1. The molecule has 1 saturated carbocycles. The van der Waals surface area contributed by atoms with Crippen LogP contribution in [0.25, 0.3) is 22.7 Å². The van der Waals surface area contributed by atoms with Gasteiger partial charge in [0.05, 0.1) is 17.2 Å². The van der Waals surface area contributed by atoms with E-state index in [1.165, 1.54) is 61.4 Å². The molecule has 248 valence electrons. The molecule has 0 saturated heterocycles. The topological polar surface area (TPSA) is 8.17 Å². The monoisotopic (exact) mass is 650 g/mol. The van der Waals surface area contributed by atoms with Crippen LogP contribution in [0.1, 0.15) is 88.5 Å². The number of anilines is 2. The molecule has 2 heteroatoms. The molecule has 2 nitrogen and oxygen atoms in total. The lowest BCUT2D eigenvalue weighted by atomic mass is 9.71. The molecule has 0 bridgehead atoms. The molecule has 4 unspecified atom stereocenters. The Kier molecular flexibility index (Phi) is 7.15. The van der Waals surface area contributed by atoms with Crippen LogP contribution in [0.3, 0.4) is 0 Å². The maximum absolute atomic E-state index is 4.15. The highest BCUT2D eigenvalue weighted by Crippen LogP contribution is 2.65. The average Bonchev–Trinajstić information content (AvgIpc) is 3.56. The summed E-state index contributed by atoms with van der Waals surface area (Å²) in [6.45, 7) is 13.9. The first-order valence-corrected chi connectivity index (χ1v) is 18.5. The van der Waals surface area contributed by atoms with Crippen molar-refractivity contribution in [3.05, 3.63) is 167 Å². The Balaban J connectivity index is 1.10. The third-order valence-corrected chi connectivity index (χ3v) is 12.4. The lowest BCUT2D eigenvalue weighted by molar-refractivity contribution is 0.447. The fourth-order valence-electron chi connectivity index (χ4n) is 9.81. The largest absolute Gasteiger partial charge is 0.327 e. The van der Waals surface area contributed by atoms with Crippen molar-refractivity contribution < 1.29 is 0 Å². The number of para-hydroxylation sites is 1. The summed E-state index contributed by atoms with van der Waals surface area (Å²) in [5.41, 5.74) is 14.7. The zero-order valence-corrected chi connectivity index (χ0v) is 29.8. The van der Waals surface area contributed by atoms with Crippen LogP contribution in [0.4, 0.5) is 11.4 Å². The van der Waals surface area contributed by atoms with E-state index in [1.807, 2.05) is 6.07 Å². The number of benzene rings is 2. The number of allylic oxidation sites excluding steroid dienone is 10. The Bertz CT molecular complexity index is 2210. The molecule has 9 rings (SSSR count). The van der Waals surface area contributed by atoms with Crippen molar-refractivity contribution in [2.75, 3.05) is 4.90 Å². The zero-order chi connectivity index (χ0) is 34.2. The van der Waals surface area contributed by atoms with E-state index in [4.69, 9.17) is 0 Å². The lowest BCUT2D eigenvalue weighted by Crippen LogP contribution is -2.32. The Morgan fingerprint density at radius 3 is 2.54 bits per heavy atom. The molecule has 3 aromatic carbocycles. The van der Waals surface area contributed by atoms with Gasteiger partial charge in [0.2, 0.25) is 0 Å². The van der Waals surface area contributed by atoms with E-state index in [0.29, 0.717) is 11.8 Å². The van der Waals surface area contributed by atoms with Gasteiger partial charge in [0.25, 0.3) is 0 Å². The van der Waals surface area contributed by atoms with Crippen LogP contribution in [0.15, 0.2) is 138 Å². The van der Waals surface area contributed by atoms with Gasteiger partial charge in [-0.05, 0) is 96.9 Å². The van der Waals surface area contributed by atoms with E-state index in [1.54, 1.807) is 0 Å². The van der Waals surface area contributed by atoms with Crippen molar-refractivity contribution in [3.8, 4) is 0 Å². The van der Waals surface area contributed by atoms with Gasteiger partial charge in [-0.25, -0.2) is 0 Å². The van der Waals surface area contributed by atoms with Crippen LogP contribution >= 0.6 is 0 Å². The van der Waals surface area contributed by atoms with Gasteiger partial charge >= 0.3 is 0 Å². The smallest absolute Gasteiger partial charge is 0.0933 e. The molecule has 4 atom stereocenters. The van der Waals surface area contributed by atoms with Gasteiger partial charge in [0.1, 0.15) is 0 Å². The first kappa shape index (κ1) is 31.0. The molecule has 4 aromatic rings. The molecular formula is C48H46N2. The Morgan fingerprint density at radius 1 is 0.920 bits per heavy atom. The number of hydrogen-bond donors (Lipinski definition) is 0. The van der Waals surface area contributed by atoms with E-state index in [2.05, 4.69) is 165 Å². The van der Waals surface area contributed by atoms with Crippen molar-refractivity contribution >= 4 is 34.1 Å². The summed E-state index contributed by atoms with van der Waals surface area (Å²) >= 11 is 0. The van der Waals surface area contributed by atoms with Gasteiger partial charge < -0.3 is 9.47 Å². The number of aromatic nitrogens is 1. The second-order valence-corrected chi connectivity index (χ2v) is 15.8. The number of fused-ring (bicyclic) bond motifs is 6. The highest BCUT2D eigenvalue weighted by molar-refractivity contribution is 5.95. The Hall–Kier alpha value is -5.00. The van der Waals surface area contributed by atoms with Gasteiger partial charge in [-0.2, -0.15) is 0 Å². The lowest BCUT2D eigenvalue weighted by Gasteiger charge is -2.36. The summed E-state index contributed by atoms with van der Waals surface area (Å²) in [5, 5.41) is 1.36. The predicted octanol–water partition coefficient (Wildman–Crippen LogP) is 12.4. The summed E-state index contributed by atoms with van der Waals surface area (Å²) in [6.07, 6.45) is 24.7. The van der Waals surface area contributed by atoms with E-state index in [-0.39, 0.29) is 16.9 Å². The molecule has 1 fully saturated rings. The van der Waals surface area contributed by atoms with Crippen LogP contribution < -0.4 is 4.90 Å². The molecule has 0 radical (unpaired) electrons. The first-order chi connectivity index (χ1) is 24.2. The van der Waals surface area contributed by atoms with Crippen LogP contribution in [-0.2, 0) is 0 Å². The minimum atomic E-state index is -0.104. The third kappa shape index (κ3) is 4.70. The molecule has 0 N–H and O–H groups in total. The molecule has 50 heavy (non-hydrogen) atoms. The van der Waals surface area contributed by atoms with Crippen molar-refractivity contribution in [1.82, 2.24) is 4.57 Å². The second kappa shape index (κ2) is 11.5. The SMILES string of the molecule is C=C1C=CC(c2ccc(N(c3c#cccc3)C3C=C4C(=CC3)C3(C)CC=C(n5c6c(c7ccccc75)C=CCC6C)C=C3C4(C)C)cc2)CC1. The number of nitrogens with zero attached hydrogens (tertiary/aromatic N) is 2. The molecule has 0 spiro atoms. The van der Waals surface area contributed by atoms with Crippen LogP contribution in [-0.4, -0.2) is 10.6 Å². The fourth-order valence-corrected chi connectivity index (χ4v) is 9.81. The predicted molar refractivity (Wildman–Crippen MR) is 210 cm³/mol. The molecular weight excluding hydrogens is 605 g/mol. The minimum absolute atomic E-state index is 0.0176. The quantitative estimate of drug-likeness (QED) is 0.209. The number of rotatable bonds is 5. The van der Waals surface area contributed by atoms with E-state index >= 15 is 0 Å². The Morgan fingerprint density at radius 2 is 1.76 bits per heavy atom. The summed E-state index contributed by atoms with van der Waals surface area (Å²) in [4.78, 5) is 2.48. The van der Waals surface area contributed by atoms with Crippen LogP contribution in [0.2, 0.25) is 0 Å². The maximum atomic E-state index is 4.15. The molecule has 0 amide bonds. The van der Waals surface area contributed by atoms with Crippen molar-refractivity contribution in [2.24, 2.45) is 10.8 Å². The fraction of sp³-hybridized carbons (Fsp3) is 0.292. The van der Waals surface area contributed by atoms with Gasteiger partial charge in [-0.1, -0.05) is 125 Å². The third-order valence-electron chi connectivity index (χ3n) is 12.4. The van der Waals surface area contributed by atoms with Crippen LogP contribution in [0, 0.1) is 23.0 Å². The highest BCUT2D eigenvalue weighted by atomic mass is 15.2. The summed E-state index contributed by atoms with van der Waals surface area (Å²) in [6, 6.07) is 31.3. The van der Waals surface area contributed by atoms with Crippen molar-refractivity contribution in [2.45, 2.75) is 77.7 Å². The van der Waals surface area contributed by atoms with Gasteiger partial charge in [0, 0.05) is 50.7 Å². The first-order valence-electron chi connectivity index (χ1n) is 18.5. The molecule has 0 aliphatic heterocycles. The van der Waals surface area contributed by atoms with Gasteiger partial charge in [-0.3, -0.25) is 0 Å². The van der Waals surface area contributed by atoms with Gasteiger partial charge in [-0.15, -0.1) is 0 Å².